The lowest BCUT2D eigenvalue weighted by Crippen LogP contribution is -2.31. The molecule has 0 spiro atoms. The highest BCUT2D eigenvalue weighted by molar-refractivity contribution is 7.20. The van der Waals surface area contributed by atoms with Crippen molar-refractivity contribution in [2.45, 2.75) is 66.0 Å². The van der Waals surface area contributed by atoms with Crippen molar-refractivity contribution in [3.05, 3.63) is 56.4 Å². The zero-order valence-corrected chi connectivity index (χ0v) is 23.2. The maximum absolute atomic E-state index is 12.9. The molecule has 0 saturated carbocycles. The predicted octanol–water partition coefficient (Wildman–Crippen LogP) is 6.29. The maximum Gasteiger partial charge on any atom is 0.416 e. The molecular weight excluding hydrogens is 550 g/mol. The molecule has 2 heterocycles. The highest BCUT2D eigenvalue weighted by atomic mass is 32.1. The van der Waals surface area contributed by atoms with Gasteiger partial charge in [0.25, 0.3) is 5.56 Å². The lowest BCUT2D eigenvalue weighted by molar-refractivity contribution is -0.143. The van der Waals surface area contributed by atoms with E-state index < -0.39 is 47.2 Å². The summed E-state index contributed by atoms with van der Waals surface area (Å²) >= 11 is 0.970. The number of halogens is 6. The molecule has 0 unspecified atom stereocenters. The number of nitrogens with one attached hydrogen (secondary N) is 2. The Labute approximate surface area is 225 Å². The molecular formula is C25H30F6N4O3S. The van der Waals surface area contributed by atoms with Crippen molar-refractivity contribution >= 4 is 39.4 Å². The Balaban J connectivity index is 0.000000839. The fourth-order valence-electron chi connectivity index (χ4n) is 2.78. The third-order valence-electron chi connectivity index (χ3n) is 5.00. The zero-order valence-electron chi connectivity index (χ0n) is 22.4. The zero-order chi connectivity index (χ0) is 30.3. The third kappa shape index (κ3) is 9.46. The maximum atomic E-state index is 12.9. The quantitative estimate of drug-likeness (QED) is 0.280. The first kappa shape index (κ1) is 33.8. The second-order valence-electron chi connectivity index (χ2n) is 8.91. The van der Waals surface area contributed by atoms with Crippen LogP contribution in [0.25, 0.3) is 10.2 Å². The van der Waals surface area contributed by atoms with Gasteiger partial charge in [-0.25, -0.2) is 4.98 Å². The molecule has 0 atom stereocenters. The van der Waals surface area contributed by atoms with Crippen molar-refractivity contribution in [1.29, 1.82) is 0 Å². The van der Waals surface area contributed by atoms with E-state index in [2.05, 4.69) is 31.1 Å². The van der Waals surface area contributed by atoms with E-state index in [0.717, 1.165) is 22.2 Å². The number of aryl methyl sites for hydroxylation is 1. The van der Waals surface area contributed by atoms with Crippen LogP contribution in [0, 0.1) is 6.92 Å². The predicted molar refractivity (Wildman–Crippen MR) is 139 cm³/mol. The van der Waals surface area contributed by atoms with Crippen LogP contribution in [0.4, 0.5) is 32.0 Å². The summed E-state index contributed by atoms with van der Waals surface area (Å²) in [5.74, 6) is -1.04. The highest BCUT2D eigenvalue weighted by Crippen LogP contribution is 2.37. The number of aldehydes is 1. The molecule has 0 bridgehead atoms. The minimum Gasteiger partial charge on any atom is -0.325 e. The Hall–Kier alpha value is -3.26. The molecule has 3 rings (SSSR count). The Morgan fingerprint density at radius 2 is 1.51 bits per heavy atom. The highest BCUT2D eigenvalue weighted by Gasteiger charge is 2.37. The summed E-state index contributed by atoms with van der Waals surface area (Å²) in [4.78, 5) is 40.3. The van der Waals surface area contributed by atoms with Gasteiger partial charge in [-0.05, 0) is 58.5 Å². The van der Waals surface area contributed by atoms with E-state index in [1.165, 1.54) is 6.92 Å². The first-order valence-electron chi connectivity index (χ1n) is 11.6. The van der Waals surface area contributed by atoms with Crippen LogP contribution in [0.5, 0.6) is 0 Å². The average Bonchev–Trinajstić information content (AvgIpc) is 3.17. The number of aromatic nitrogens is 2. The Morgan fingerprint density at radius 3 is 1.92 bits per heavy atom. The number of hydrogen-bond donors (Lipinski definition) is 2. The molecule has 2 aromatic heterocycles. The van der Waals surface area contributed by atoms with Gasteiger partial charge in [0.15, 0.2) is 6.29 Å². The van der Waals surface area contributed by atoms with Crippen LogP contribution in [0.2, 0.25) is 0 Å². The Morgan fingerprint density at radius 1 is 1.03 bits per heavy atom. The second-order valence-corrected chi connectivity index (χ2v) is 9.94. The lowest BCUT2D eigenvalue weighted by Gasteiger charge is -2.15. The van der Waals surface area contributed by atoms with Crippen LogP contribution in [0.15, 0.2) is 29.3 Å². The average molecular weight is 581 g/mol. The Kier molecular flexibility index (Phi) is 11.4. The number of amides is 1. The van der Waals surface area contributed by atoms with Gasteiger partial charge in [-0.2, -0.15) is 26.3 Å². The summed E-state index contributed by atoms with van der Waals surface area (Å²) < 4.78 is 78.4. The third-order valence-corrected chi connectivity index (χ3v) is 6.12. The van der Waals surface area contributed by atoms with Gasteiger partial charge in [0, 0.05) is 11.2 Å². The molecule has 216 valence electrons. The molecule has 7 nitrogen and oxygen atoms in total. The number of anilines is 1. The van der Waals surface area contributed by atoms with Crippen LogP contribution >= 0.6 is 11.3 Å². The number of rotatable bonds is 4. The van der Waals surface area contributed by atoms with Gasteiger partial charge in [-0.15, -0.1) is 11.3 Å². The van der Waals surface area contributed by atoms with Gasteiger partial charge in [-0.1, -0.05) is 13.8 Å². The molecule has 3 aromatic rings. The number of thiophene rings is 1. The number of carbonyl (C=O) groups excluding carboxylic acids is 2. The number of alkyl halides is 6. The summed E-state index contributed by atoms with van der Waals surface area (Å²) in [6, 6.07) is 0.648. The van der Waals surface area contributed by atoms with Crippen LogP contribution in [0.3, 0.4) is 0 Å². The van der Waals surface area contributed by atoms with Crippen molar-refractivity contribution in [3.63, 3.8) is 0 Å². The molecule has 0 radical (unpaired) electrons. The number of benzene rings is 1. The number of fused-ring (bicyclic) bond motifs is 1. The van der Waals surface area contributed by atoms with Gasteiger partial charge >= 0.3 is 12.4 Å². The van der Waals surface area contributed by atoms with Crippen molar-refractivity contribution in [2.24, 2.45) is 0 Å². The van der Waals surface area contributed by atoms with E-state index in [4.69, 9.17) is 0 Å². The fraction of sp³-hybridized carbons (Fsp3) is 0.440. The molecule has 0 aliphatic carbocycles. The van der Waals surface area contributed by atoms with Crippen LogP contribution < -0.4 is 16.2 Å². The normalized spacial score (nSPS) is 11.7. The van der Waals surface area contributed by atoms with Crippen LogP contribution in [-0.2, 0) is 23.7 Å². The van der Waals surface area contributed by atoms with E-state index >= 15 is 0 Å². The summed E-state index contributed by atoms with van der Waals surface area (Å²) in [5, 5.41) is 5.14. The molecule has 0 saturated heterocycles. The van der Waals surface area contributed by atoms with Gasteiger partial charge in [0.2, 0.25) is 5.91 Å². The first-order valence-corrected chi connectivity index (χ1v) is 12.4. The van der Waals surface area contributed by atoms with E-state index in [9.17, 15) is 40.7 Å². The molecule has 0 aliphatic rings. The largest absolute Gasteiger partial charge is 0.416 e. The van der Waals surface area contributed by atoms with Crippen molar-refractivity contribution in [1.82, 2.24) is 14.9 Å². The summed E-state index contributed by atoms with van der Waals surface area (Å²) in [6.07, 6.45) is -8.59. The summed E-state index contributed by atoms with van der Waals surface area (Å²) in [5.41, 5.74) is -3.94. The van der Waals surface area contributed by atoms with Crippen molar-refractivity contribution < 1.29 is 35.9 Å². The van der Waals surface area contributed by atoms with Crippen LogP contribution in [0.1, 0.15) is 61.0 Å². The number of hydrogen-bond acceptors (Lipinski definition) is 6. The molecule has 14 heteroatoms. The first-order chi connectivity index (χ1) is 17.9. The van der Waals surface area contributed by atoms with Crippen LogP contribution in [-0.4, -0.2) is 34.3 Å². The number of nitrogens with zero attached hydrogens (tertiary/aromatic N) is 2. The van der Waals surface area contributed by atoms with Gasteiger partial charge < -0.3 is 10.6 Å². The van der Waals surface area contributed by atoms with Crippen molar-refractivity contribution in [2.75, 3.05) is 12.4 Å². The topological polar surface area (TPSA) is 93.1 Å². The monoisotopic (exact) mass is 580 g/mol. The minimum atomic E-state index is -5.07. The van der Waals surface area contributed by atoms with Gasteiger partial charge in [0.1, 0.15) is 11.4 Å². The van der Waals surface area contributed by atoms with Gasteiger partial charge in [0.05, 0.1) is 27.7 Å². The second kappa shape index (κ2) is 13.2. The molecule has 0 aliphatic heterocycles. The lowest BCUT2D eigenvalue weighted by atomic mass is 10.1. The fourth-order valence-corrected chi connectivity index (χ4v) is 3.74. The summed E-state index contributed by atoms with van der Waals surface area (Å²) in [6.45, 7) is 11.2. The molecule has 2 N–H and O–H groups in total. The Bertz CT molecular complexity index is 1320. The SMILES string of the molecule is CC.CNC(C)(C)C.Cc1c(C=O)sc2ncn(CC(=O)Nc3cc(C(F)(F)F)cc(C(F)(F)F)c3)c(=O)c12. The molecule has 0 fully saturated rings. The summed E-state index contributed by atoms with van der Waals surface area (Å²) in [7, 11) is 1.96. The van der Waals surface area contributed by atoms with E-state index in [0.29, 0.717) is 29.5 Å². The molecule has 1 amide bonds. The minimum absolute atomic E-state index is 0.0675. The number of carbonyl (C=O) groups is 2. The molecule has 1 aromatic carbocycles. The van der Waals surface area contributed by atoms with Crippen molar-refractivity contribution in [3.8, 4) is 0 Å². The smallest absolute Gasteiger partial charge is 0.325 e. The molecule has 39 heavy (non-hydrogen) atoms. The standard InChI is InChI=1S/C18H11F6N3O3S.C5H13N.C2H6/c1-8-12(6-28)31-15-14(8)16(30)27(7-25-15)5-13(29)26-11-3-9(17(19,20)21)2-10(4-11)18(22,23)24;1-5(2,3)6-4;1-2/h2-4,6-7H,5H2,1H3,(H,26,29);6H,1-4H3;1-2H3. The van der Waals surface area contributed by atoms with E-state index in [-0.39, 0.29) is 21.2 Å². The van der Waals surface area contributed by atoms with Gasteiger partial charge in [-0.3, -0.25) is 19.0 Å². The van der Waals surface area contributed by atoms with E-state index in [1.807, 2.05) is 26.2 Å². The van der Waals surface area contributed by atoms with E-state index in [1.54, 1.807) is 0 Å².